The highest BCUT2D eigenvalue weighted by Gasteiger charge is 2.06. The van der Waals surface area contributed by atoms with Crippen molar-refractivity contribution in [2.45, 2.75) is 0 Å². The molecule has 108 valence electrons. The largest absolute Gasteiger partial charge is 0.480 e. The lowest BCUT2D eigenvalue weighted by Gasteiger charge is -2.07. The normalized spacial score (nSPS) is 9.95. The summed E-state index contributed by atoms with van der Waals surface area (Å²) >= 11 is 0. The number of carboxylic acid groups (broad SMARTS) is 1. The molecule has 0 aliphatic rings. The molecular weight excluding hydrogens is 275 g/mol. The number of halogens is 1. The van der Waals surface area contributed by atoms with Crippen LogP contribution in [0.5, 0.6) is 0 Å². The van der Waals surface area contributed by atoms with E-state index in [-0.39, 0.29) is 5.82 Å². The highest BCUT2D eigenvalue weighted by atomic mass is 19.1. The van der Waals surface area contributed by atoms with Gasteiger partial charge in [-0.1, -0.05) is 6.07 Å². The van der Waals surface area contributed by atoms with Gasteiger partial charge in [0.2, 0.25) is 0 Å². The van der Waals surface area contributed by atoms with Crippen molar-refractivity contribution in [2.24, 2.45) is 0 Å². The van der Waals surface area contributed by atoms with E-state index in [1.807, 2.05) is 0 Å². The number of rotatable bonds is 5. The maximum absolute atomic E-state index is 13.0. The maximum Gasteiger partial charge on any atom is 0.322 e. The number of carbonyl (C=O) groups is 2. The van der Waals surface area contributed by atoms with Crippen molar-refractivity contribution in [1.82, 2.24) is 5.32 Å². The second-order valence-electron chi connectivity index (χ2n) is 4.29. The number of hydrogen-bond acceptors (Lipinski definition) is 3. The summed E-state index contributed by atoms with van der Waals surface area (Å²) < 4.78 is 13.0. The van der Waals surface area contributed by atoms with Crippen LogP contribution in [0.1, 0.15) is 10.4 Å². The molecule has 0 unspecified atom stereocenters. The fourth-order valence-electron chi connectivity index (χ4n) is 1.70. The molecule has 3 N–H and O–H groups in total. The predicted molar refractivity (Wildman–Crippen MR) is 76.1 cm³/mol. The van der Waals surface area contributed by atoms with Gasteiger partial charge in [0.1, 0.15) is 12.4 Å². The third kappa shape index (κ3) is 4.31. The van der Waals surface area contributed by atoms with Gasteiger partial charge in [-0.05, 0) is 42.5 Å². The third-order valence-corrected chi connectivity index (χ3v) is 2.66. The fraction of sp³-hybridized carbons (Fsp3) is 0.0667. The molecule has 0 fully saturated rings. The second kappa shape index (κ2) is 6.51. The van der Waals surface area contributed by atoms with Crippen LogP contribution in [0.25, 0.3) is 0 Å². The zero-order valence-electron chi connectivity index (χ0n) is 11.0. The highest BCUT2D eigenvalue weighted by molar-refractivity contribution is 5.96. The molecule has 0 radical (unpaired) electrons. The van der Waals surface area contributed by atoms with Gasteiger partial charge in [0.25, 0.3) is 5.91 Å². The number of aliphatic carboxylic acids is 1. The summed E-state index contributed by atoms with van der Waals surface area (Å²) in [4.78, 5) is 22.0. The molecule has 0 aliphatic heterocycles. The highest BCUT2D eigenvalue weighted by Crippen LogP contribution is 2.17. The first-order valence-electron chi connectivity index (χ1n) is 6.17. The number of carboxylic acids is 1. The number of carbonyl (C=O) groups excluding carboxylic acids is 1. The van der Waals surface area contributed by atoms with Crippen molar-refractivity contribution in [2.75, 3.05) is 11.9 Å². The van der Waals surface area contributed by atoms with Crippen LogP contribution < -0.4 is 10.6 Å². The van der Waals surface area contributed by atoms with Crippen molar-refractivity contribution in [3.63, 3.8) is 0 Å². The van der Waals surface area contributed by atoms with E-state index in [4.69, 9.17) is 5.11 Å². The van der Waals surface area contributed by atoms with Crippen LogP contribution in [-0.2, 0) is 4.79 Å². The lowest BCUT2D eigenvalue weighted by atomic mass is 10.2. The van der Waals surface area contributed by atoms with Gasteiger partial charge in [-0.3, -0.25) is 9.59 Å². The molecule has 0 bridgehead atoms. The van der Waals surface area contributed by atoms with Gasteiger partial charge in [0.15, 0.2) is 0 Å². The van der Waals surface area contributed by atoms with Crippen molar-refractivity contribution in [3.05, 3.63) is 59.9 Å². The minimum Gasteiger partial charge on any atom is -0.480 e. The summed E-state index contributed by atoms with van der Waals surface area (Å²) in [5.41, 5.74) is 1.63. The summed E-state index contributed by atoms with van der Waals surface area (Å²) in [6.07, 6.45) is 0. The molecule has 0 aliphatic carbocycles. The molecule has 0 saturated carbocycles. The molecule has 0 atom stereocenters. The number of hydrogen-bond donors (Lipinski definition) is 3. The lowest BCUT2D eigenvalue weighted by molar-refractivity contribution is -0.135. The van der Waals surface area contributed by atoms with E-state index in [0.29, 0.717) is 16.9 Å². The number of benzene rings is 2. The molecule has 2 aromatic rings. The van der Waals surface area contributed by atoms with Crippen molar-refractivity contribution >= 4 is 23.3 Å². The Kier molecular flexibility index (Phi) is 4.50. The van der Waals surface area contributed by atoms with Gasteiger partial charge in [-0.25, -0.2) is 4.39 Å². The van der Waals surface area contributed by atoms with Crippen LogP contribution in [0, 0.1) is 5.82 Å². The Morgan fingerprint density at radius 2 is 1.76 bits per heavy atom. The van der Waals surface area contributed by atoms with E-state index in [1.165, 1.54) is 12.1 Å². The standard InChI is InChI=1S/C15H13FN2O3/c16-11-2-1-3-13(8-11)18-12-6-4-10(5-7-12)15(21)17-9-14(19)20/h1-8,18H,9H2,(H,17,21)(H,19,20). The van der Waals surface area contributed by atoms with Crippen LogP contribution in [0.15, 0.2) is 48.5 Å². The predicted octanol–water partition coefficient (Wildman–Crippen LogP) is 2.38. The van der Waals surface area contributed by atoms with Crippen molar-refractivity contribution < 1.29 is 19.1 Å². The van der Waals surface area contributed by atoms with Gasteiger partial charge in [-0.15, -0.1) is 0 Å². The second-order valence-corrected chi connectivity index (χ2v) is 4.29. The average molecular weight is 288 g/mol. The molecule has 0 saturated heterocycles. The van der Waals surface area contributed by atoms with E-state index < -0.39 is 18.4 Å². The molecule has 1 amide bonds. The van der Waals surface area contributed by atoms with Crippen LogP contribution in [0.3, 0.4) is 0 Å². The SMILES string of the molecule is O=C(O)CNC(=O)c1ccc(Nc2cccc(F)c2)cc1. The smallest absolute Gasteiger partial charge is 0.322 e. The molecule has 2 aromatic carbocycles. The first-order chi connectivity index (χ1) is 10.0. The first-order valence-corrected chi connectivity index (χ1v) is 6.17. The maximum atomic E-state index is 13.0. The molecule has 21 heavy (non-hydrogen) atoms. The van der Waals surface area contributed by atoms with Gasteiger partial charge in [0.05, 0.1) is 0 Å². The average Bonchev–Trinajstić information content (AvgIpc) is 2.45. The quantitative estimate of drug-likeness (QED) is 0.789. The van der Waals surface area contributed by atoms with E-state index >= 15 is 0 Å². The Morgan fingerprint density at radius 1 is 1.05 bits per heavy atom. The van der Waals surface area contributed by atoms with Gasteiger partial charge >= 0.3 is 5.97 Å². The van der Waals surface area contributed by atoms with Crippen LogP contribution in [-0.4, -0.2) is 23.5 Å². The van der Waals surface area contributed by atoms with E-state index in [2.05, 4.69) is 10.6 Å². The van der Waals surface area contributed by atoms with E-state index in [1.54, 1.807) is 36.4 Å². The Balaban J connectivity index is 2.01. The number of nitrogens with one attached hydrogen (secondary N) is 2. The molecule has 0 aromatic heterocycles. The Morgan fingerprint density at radius 3 is 2.38 bits per heavy atom. The topological polar surface area (TPSA) is 78.4 Å². The third-order valence-electron chi connectivity index (χ3n) is 2.66. The van der Waals surface area contributed by atoms with Gasteiger partial charge < -0.3 is 15.7 Å². The monoisotopic (exact) mass is 288 g/mol. The van der Waals surface area contributed by atoms with Crippen molar-refractivity contribution in [1.29, 1.82) is 0 Å². The van der Waals surface area contributed by atoms with Crippen LogP contribution in [0.4, 0.5) is 15.8 Å². The Bertz CT molecular complexity index is 656. The summed E-state index contributed by atoms with van der Waals surface area (Å²) in [7, 11) is 0. The molecule has 0 heterocycles. The summed E-state index contributed by atoms with van der Waals surface area (Å²) in [6, 6.07) is 12.4. The minimum atomic E-state index is -1.10. The molecule has 5 nitrogen and oxygen atoms in total. The first kappa shape index (κ1) is 14.5. The van der Waals surface area contributed by atoms with Gasteiger partial charge in [0, 0.05) is 16.9 Å². The molecule has 0 spiro atoms. The van der Waals surface area contributed by atoms with Crippen LogP contribution in [0.2, 0.25) is 0 Å². The molecule has 6 heteroatoms. The molecular formula is C15H13FN2O3. The summed E-state index contributed by atoms with van der Waals surface area (Å²) in [5.74, 6) is -1.91. The number of amides is 1. The Hall–Kier alpha value is -2.89. The van der Waals surface area contributed by atoms with E-state index in [9.17, 15) is 14.0 Å². The fourth-order valence-corrected chi connectivity index (χ4v) is 1.70. The van der Waals surface area contributed by atoms with E-state index in [0.717, 1.165) is 0 Å². The summed E-state index contributed by atoms with van der Waals surface area (Å²) in [5, 5.41) is 13.7. The lowest BCUT2D eigenvalue weighted by Crippen LogP contribution is -2.29. The van der Waals surface area contributed by atoms with Crippen LogP contribution >= 0.6 is 0 Å². The van der Waals surface area contributed by atoms with Gasteiger partial charge in [-0.2, -0.15) is 0 Å². The van der Waals surface area contributed by atoms with Crippen molar-refractivity contribution in [3.8, 4) is 0 Å². The zero-order valence-corrected chi connectivity index (χ0v) is 11.0. The summed E-state index contributed by atoms with van der Waals surface area (Å²) in [6.45, 7) is -0.428. The molecule has 2 rings (SSSR count). The Labute approximate surface area is 120 Å². The zero-order chi connectivity index (χ0) is 15.2. The minimum absolute atomic E-state index is 0.343. The number of anilines is 2.